The number of nitrogens with one attached hydrogen (secondary N) is 1. The topological polar surface area (TPSA) is 21.3 Å². The highest BCUT2D eigenvalue weighted by Crippen LogP contribution is 2.42. The van der Waals surface area contributed by atoms with Crippen molar-refractivity contribution in [2.45, 2.75) is 32.0 Å². The molecule has 0 saturated carbocycles. The van der Waals surface area contributed by atoms with E-state index in [4.69, 9.17) is 4.74 Å². The van der Waals surface area contributed by atoms with Gasteiger partial charge in [-0.15, -0.1) is 12.4 Å². The first-order valence-electron chi connectivity index (χ1n) is 5.75. The molecule has 2 aliphatic rings. The number of piperidine rings is 1. The van der Waals surface area contributed by atoms with Crippen LogP contribution in [0.1, 0.15) is 29.5 Å². The van der Waals surface area contributed by atoms with Crippen LogP contribution in [0, 0.1) is 6.92 Å². The number of halogens is 1. The van der Waals surface area contributed by atoms with E-state index in [1.54, 1.807) is 0 Å². The summed E-state index contributed by atoms with van der Waals surface area (Å²) in [4.78, 5) is 0. The number of aryl methyl sites for hydroxylation is 1. The fourth-order valence-corrected chi connectivity index (χ4v) is 2.82. The van der Waals surface area contributed by atoms with E-state index in [0.717, 1.165) is 32.5 Å². The lowest BCUT2D eigenvalue weighted by Gasteiger charge is -2.34. The normalized spacial score (nSPS) is 21.6. The van der Waals surface area contributed by atoms with Crippen LogP contribution in [-0.4, -0.2) is 13.1 Å². The lowest BCUT2D eigenvalue weighted by Crippen LogP contribution is -2.39. The second-order valence-corrected chi connectivity index (χ2v) is 4.69. The van der Waals surface area contributed by atoms with Crippen LogP contribution in [0.15, 0.2) is 18.2 Å². The fraction of sp³-hybridized carbons (Fsp3) is 0.538. The largest absolute Gasteiger partial charge is 0.365 e. The summed E-state index contributed by atoms with van der Waals surface area (Å²) in [7, 11) is 0. The number of fused-ring (bicyclic) bond motifs is 2. The quantitative estimate of drug-likeness (QED) is 0.751. The lowest BCUT2D eigenvalue weighted by atomic mass is 9.84. The first kappa shape index (κ1) is 11.9. The van der Waals surface area contributed by atoms with Crippen molar-refractivity contribution in [3.05, 3.63) is 34.9 Å². The van der Waals surface area contributed by atoms with Crippen LogP contribution in [0.5, 0.6) is 0 Å². The van der Waals surface area contributed by atoms with E-state index in [1.807, 2.05) is 0 Å². The van der Waals surface area contributed by atoms with Gasteiger partial charge in [0.25, 0.3) is 0 Å². The molecule has 1 aromatic rings. The van der Waals surface area contributed by atoms with Crippen molar-refractivity contribution in [2.24, 2.45) is 0 Å². The Balaban J connectivity index is 0.000000963. The molecule has 88 valence electrons. The molecular formula is C13H18ClNO. The molecule has 0 radical (unpaired) electrons. The number of hydrogen-bond acceptors (Lipinski definition) is 2. The van der Waals surface area contributed by atoms with Crippen LogP contribution in [0.3, 0.4) is 0 Å². The zero-order valence-electron chi connectivity index (χ0n) is 9.58. The zero-order valence-corrected chi connectivity index (χ0v) is 10.4. The van der Waals surface area contributed by atoms with E-state index in [9.17, 15) is 0 Å². The Kier molecular flexibility index (Phi) is 3.24. The van der Waals surface area contributed by atoms with Crippen LogP contribution < -0.4 is 5.32 Å². The molecule has 0 aromatic heterocycles. The van der Waals surface area contributed by atoms with Crippen molar-refractivity contribution in [1.82, 2.24) is 5.32 Å². The first-order valence-corrected chi connectivity index (χ1v) is 5.75. The van der Waals surface area contributed by atoms with Crippen LogP contribution in [0.25, 0.3) is 0 Å². The second-order valence-electron chi connectivity index (χ2n) is 4.69. The number of benzene rings is 1. The molecule has 1 aromatic carbocycles. The molecule has 1 saturated heterocycles. The molecule has 3 rings (SSSR count). The minimum Gasteiger partial charge on any atom is -0.365 e. The van der Waals surface area contributed by atoms with Gasteiger partial charge in [-0.05, 0) is 44.0 Å². The van der Waals surface area contributed by atoms with Crippen molar-refractivity contribution in [2.75, 3.05) is 13.1 Å². The highest BCUT2D eigenvalue weighted by Gasteiger charge is 2.40. The van der Waals surface area contributed by atoms with E-state index in [0.29, 0.717) is 0 Å². The molecule has 3 heteroatoms. The molecule has 1 fully saturated rings. The standard InChI is InChI=1S/C13H17NO.ClH/c1-10-2-3-12-11(8-10)9-15-13(12)4-6-14-7-5-13;/h2-3,8,14H,4-7,9H2,1H3;1H. The van der Waals surface area contributed by atoms with Crippen LogP contribution >= 0.6 is 12.4 Å². The summed E-state index contributed by atoms with van der Waals surface area (Å²) in [6, 6.07) is 6.74. The molecule has 0 aliphatic carbocycles. The predicted molar refractivity (Wildman–Crippen MR) is 67.0 cm³/mol. The van der Waals surface area contributed by atoms with Crippen molar-refractivity contribution in [1.29, 1.82) is 0 Å². The number of rotatable bonds is 0. The summed E-state index contributed by atoms with van der Waals surface area (Å²) in [6.07, 6.45) is 2.23. The molecule has 2 heterocycles. The summed E-state index contributed by atoms with van der Waals surface area (Å²) in [5.41, 5.74) is 4.21. The minimum absolute atomic E-state index is 0. The molecular weight excluding hydrogens is 222 g/mol. The maximum atomic E-state index is 6.07. The average Bonchev–Trinajstić information content (AvgIpc) is 2.58. The maximum absolute atomic E-state index is 6.07. The van der Waals surface area contributed by atoms with Gasteiger partial charge < -0.3 is 10.1 Å². The van der Waals surface area contributed by atoms with Gasteiger partial charge in [-0.25, -0.2) is 0 Å². The predicted octanol–water partition coefficient (Wildman–Crippen LogP) is 2.53. The number of ether oxygens (including phenoxy) is 1. The molecule has 0 unspecified atom stereocenters. The second kappa shape index (κ2) is 4.36. The first-order chi connectivity index (χ1) is 7.30. The third-order valence-electron chi connectivity index (χ3n) is 3.67. The van der Waals surface area contributed by atoms with Gasteiger partial charge in [0.1, 0.15) is 0 Å². The van der Waals surface area contributed by atoms with Crippen molar-refractivity contribution in [3.63, 3.8) is 0 Å². The Morgan fingerprint density at radius 3 is 2.75 bits per heavy atom. The Bertz CT molecular complexity index is 386. The summed E-state index contributed by atoms with van der Waals surface area (Å²) >= 11 is 0. The van der Waals surface area contributed by atoms with Gasteiger partial charge in [-0.3, -0.25) is 0 Å². The Morgan fingerprint density at radius 1 is 1.25 bits per heavy atom. The third kappa shape index (κ3) is 1.75. The summed E-state index contributed by atoms with van der Waals surface area (Å²) < 4.78 is 6.07. The molecule has 0 bridgehead atoms. The van der Waals surface area contributed by atoms with Crippen molar-refractivity contribution in [3.8, 4) is 0 Å². The van der Waals surface area contributed by atoms with Gasteiger partial charge >= 0.3 is 0 Å². The monoisotopic (exact) mass is 239 g/mol. The molecule has 2 nitrogen and oxygen atoms in total. The zero-order chi connectivity index (χ0) is 10.3. The van der Waals surface area contributed by atoms with Gasteiger partial charge in [0.15, 0.2) is 0 Å². The van der Waals surface area contributed by atoms with Crippen molar-refractivity contribution >= 4 is 12.4 Å². The van der Waals surface area contributed by atoms with E-state index < -0.39 is 0 Å². The highest BCUT2D eigenvalue weighted by atomic mass is 35.5. The van der Waals surface area contributed by atoms with Gasteiger partial charge in [0.2, 0.25) is 0 Å². The van der Waals surface area contributed by atoms with Crippen LogP contribution in [-0.2, 0) is 16.9 Å². The van der Waals surface area contributed by atoms with Gasteiger partial charge in [-0.2, -0.15) is 0 Å². The summed E-state index contributed by atoms with van der Waals surface area (Å²) in [5.74, 6) is 0. The Labute approximate surface area is 103 Å². The molecule has 1 N–H and O–H groups in total. The van der Waals surface area contributed by atoms with Gasteiger partial charge in [-0.1, -0.05) is 23.8 Å². The van der Waals surface area contributed by atoms with Crippen molar-refractivity contribution < 1.29 is 4.74 Å². The van der Waals surface area contributed by atoms with E-state index in [1.165, 1.54) is 16.7 Å². The van der Waals surface area contributed by atoms with Gasteiger partial charge in [0, 0.05) is 0 Å². The molecule has 0 amide bonds. The van der Waals surface area contributed by atoms with E-state index in [-0.39, 0.29) is 18.0 Å². The summed E-state index contributed by atoms with van der Waals surface area (Å²) in [5, 5.41) is 3.40. The van der Waals surface area contributed by atoms with Gasteiger partial charge in [0.05, 0.1) is 12.2 Å². The fourth-order valence-electron chi connectivity index (χ4n) is 2.82. The molecule has 2 aliphatic heterocycles. The average molecular weight is 240 g/mol. The molecule has 16 heavy (non-hydrogen) atoms. The Hall–Kier alpha value is -0.570. The molecule has 0 atom stereocenters. The van der Waals surface area contributed by atoms with Crippen LogP contribution in [0.4, 0.5) is 0 Å². The minimum atomic E-state index is 0. The molecule has 1 spiro atoms. The maximum Gasteiger partial charge on any atom is 0.0963 e. The SMILES string of the molecule is Cc1ccc2c(c1)COC21CCNCC1.Cl. The van der Waals surface area contributed by atoms with Crippen LogP contribution in [0.2, 0.25) is 0 Å². The number of hydrogen-bond donors (Lipinski definition) is 1. The lowest BCUT2D eigenvalue weighted by molar-refractivity contribution is -0.0590. The van der Waals surface area contributed by atoms with E-state index in [2.05, 4.69) is 30.4 Å². The third-order valence-corrected chi connectivity index (χ3v) is 3.67. The smallest absolute Gasteiger partial charge is 0.0963 e. The Morgan fingerprint density at radius 2 is 2.00 bits per heavy atom. The van der Waals surface area contributed by atoms with E-state index >= 15 is 0 Å². The highest BCUT2D eigenvalue weighted by molar-refractivity contribution is 5.85. The summed E-state index contributed by atoms with van der Waals surface area (Å²) in [6.45, 7) is 5.10.